The third kappa shape index (κ3) is 4.78. The number of rotatable bonds is 5. The molecular formula is C26H26N2O3. The van der Waals surface area contributed by atoms with Crippen LogP contribution in [0.25, 0.3) is 16.7 Å². The van der Waals surface area contributed by atoms with E-state index in [-0.39, 0.29) is 5.91 Å². The average Bonchev–Trinajstić information content (AvgIpc) is 2.83. The molecule has 1 amide bonds. The number of methoxy groups -OCH3 is 1. The van der Waals surface area contributed by atoms with E-state index in [0.717, 1.165) is 27.8 Å². The Kier molecular flexibility index (Phi) is 6.34. The quantitative estimate of drug-likeness (QED) is 0.501. The molecule has 3 aromatic rings. The maximum absolute atomic E-state index is 13.0. The second-order valence-electron chi connectivity index (χ2n) is 7.40. The van der Waals surface area contributed by atoms with E-state index in [0.29, 0.717) is 37.7 Å². The molecule has 0 atom stereocenters. The highest BCUT2D eigenvalue weighted by molar-refractivity contribution is 5.99. The van der Waals surface area contributed by atoms with Crippen LogP contribution >= 0.6 is 0 Å². The lowest BCUT2D eigenvalue weighted by Gasteiger charge is -2.26. The van der Waals surface area contributed by atoms with Crippen LogP contribution in [0.1, 0.15) is 11.1 Å². The van der Waals surface area contributed by atoms with E-state index < -0.39 is 0 Å². The van der Waals surface area contributed by atoms with Gasteiger partial charge < -0.3 is 20.1 Å². The highest BCUT2D eigenvalue weighted by Crippen LogP contribution is 2.31. The average molecular weight is 415 g/mol. The van der Waals surface area contributed by atoms with Crippen molar-refractivity contribution in [3.63, 3.8) is 0 Å². The minimum absolute atomic E-state index is 0.0279. The molecule has 0 aliphatic carbocycles. The van der Waals surface area contributed by atoms with Crippen LogP contribution in [0, 0.1) is 0 Å². The fourth-order valence-electron chi connectivity index (χ4n) is 3.71. The zero-order valence-electron chi connectivity index (χ0n) is 17.6. The van der Waals surface area contributed by atoms with Gasteiger partial charge in [0.25, 0.3) is 0 Å². The third-order valence-corrected chi connectivity index (χ3v) is 5.43. The van der Waals surface area contributed by atoms with Crippen molar-refractivity contribution >= 4 is 17.2 Å². The molecule has 1 fully saturated rings. The van der Waals surface area contributed by atoms with Crippen LogP contribution in [-0.2, 0) is 9.53 Å². The Hall–Kier alpha value is -3.57. The molecule has 5 heteroatoms. The minimum atomic E-state index is -0.0279. The van der Waals surface area contributed by atoms with E-state index in [9.17, 15) is 4.79 Å². The molecule has 158 valence electrons. The zero-order valence-corrected chi connectivity index (χ0v) is 17.6. The topological polar surface area (TPSA) is 64.8 Å². The molecule has 1 aliphatic rings. The molecule has 1 saturated heterocycles. The van der Waals surface area contributed by atoms with Crippen molar-refractivity contribution in [3.8, 4) is 16.9 Å². The Balaban J connectivity index is 1.72. The number of carbonyl (C=O) groups is 1. The fourth-order valence-corrected chi connectivity index (χ4v) is 3.71. The SMILES string of the molecule is COc1ccc(C(=CC(=O)N2CCOCC2)c2ccc(-c3ccccc3)cc2)cc1N. The van der Waals surface area contributed by atoms with E-state index in [4.69, 9.17) is 15.2 Å². The zero-order chi connectivity index (χ0) is 21.6. The predicted molar refractivity (Wildman–Crippen MR) is 124 cm³/mol. The Labute approximate surface area is 182 Å². The van der Waals surface area contributed by atoms with E-state index in [1.165, 1.54) is 0 Å². The summed E-state index contributed by atoms with van der Waals surface area (Å²) in [7, 11) is 1.59. The molecule has 31 heavy (non-hydrogen) atoms. The molecule has 5 nitrogen and oxygen atoms in total. The smallest absolute Gasteiger partial charge is 0.247 e. The summed E-state index contributed by atoms with van der Waals surface area (Å²) in [6.45, 7) is 2.33. The van der Waals surface area contributed by atoms with E-state index in [1.807, 2.05) is 53.4 Å². The summed E-state index contributed by atoms with van der Waals surface area (Å²) in [5.41, 5.74) is 11.6. The van der Waals surface area contributed by atoms with Crippen molar-refractivity contribution in [2.75, 3.05) is 39.1 Å². The van der Waals surface area contributed by atoms with Gasteiger partial charge in [-0.25, -0.2) is 0 Å². The number of hydrogen-bond acceptors (Lipinski definition) is 4. The van der Waals surface area contributed by atoms with E-state index in [2.05, 4.69) is 24.3 Å². The van der Waals surface area contributed by atoms with Crippen molar-refractivity contribution in [1.29, 1.82) is 0 Å². The van der Waals surface area contributed by atoms with Gasteiger partial charge in [0.05, 0.1) is 26.0 Å². The van der Waals surface area contributed by atoms with Gasteiger partial charge in [-0.1, -0.05) is 60.7 Å². The number of amides is 1. The Bertz CT molecular complexity index is 1070. The first-order valence-electron chi connectivity index (χ1n) is 10.3. The summed E-state index contributed by atoms with van der Waals surface area (Å²) in [6.07, 6.45) is 1.70. The number of morpholine rings is 1. The highest BCUT2D eigenvalue weighted by atomic mass is 16.5. The summed E-state index contributed by atoms with van der Waals surface area (Å²) in [5.74, 6) is 0.585. The minimum Gasteiger partial charge on any atom is -0.495 e. The first kappa shape index (κ1) is 20.7. The molecule has 0 saturated carbocycles. The maximum atomic E-state index is 13.0. The van der Waals surface area contributed by atoms with Crippen LogP contribution in [0.15, 0.2) is 78.9 Å². The monoisotopic (exact) mass is 414 g/mol. The molecular weight excluding hydrogens is 388 g/mol. The number of anilines is 1. The van der Waals surface area contributed by atoms with Crippen molar-refractivity contribution < 1.29 is 14.3 Å². The van der Waals surface area contributed by atoms with Gasteiger partial charge in [-0.05, 0) is 40.0 Å². The molecule has 2 N–H and O–H groups in total. The molecule has 0 aromatic heterocycles. The van der Waals surface area contributed by atoms with Crippen molar-refractivity contribution in [2.45, 2.75) is 0 Å². The lowest BCUT2D eigenvalue weighted by atomic mass is 9.94. The van der Waals surface area contributed by atoms with Gasteiger partial charge in [0, 0.05) is 19.2 Å². The predicted octanol–water partition coefficient (Wildman–Crippen LogP) is 4.23. The summed E-state index contributed by atoms with van der Waals surface area (Å²) < 4.78 is 10.7. The first-order valence-corrected chi connectivity index (χ1v) is 10.3. The lowest BCUT2D eigenvalue weighted by molar-refractivity contribution is -0.129. The fraction of sp³-hybridized carbons (Fsp3) is 0.192. The molecule has 0 bridgehead atoms. The number of ether oxygens (including phenoxy) is 2. The van der Waals surface area contributed by atoms with Gasteiger partial charge in [-0.2, -0.15) is 0 Å². The highest BCUT2D eigenvalue weighted by Gasteiger charge is 2.17. The van der Waals surface area contributed by atoms with Crippen LogP contribution in [0.2, 0.25) is 0 Å². The first-order chi connectivity index (χ1) is 15.2. The Morgan fingerprint density at radius 3 is 2.23 bits per heavy atom. The van der Waals surface area contributed by atoms with Gasteiger partial charge >= 0.3 is 0 Å². The standard InChI is InChI=1S/C26H26N2O3/c1-30-25-12-11-22(17-24(25)27)23(18-26(29)28-13-15-31-16-14-28)21-9-7-20(8-10-21)19-5-3-2-4-6-19/h2-12,17-18H,13-16,27H2,1H3. The lowest BCUT2D eigenvalue weighted by Crippen LogP contribution is -2.39. The van der Waals surface area contributed by atoms with Crippen LogP contribution in [0.4, 0.5) is 5.69 Å². The van der Waals surface area contributed by atoms with Crippen molar-refractivity contribution in [2.24, 2.45) is 0 Å². The number of nitrogens with two attached hydrogens (primary N) is 1. The van der Waals surface area contributed by atoms with Crippen molar-refractivity contribution in [1.82, 2.24) is 4.90 Å². The molecule has 4 rings (SSSR count). The summed E-state index contributed by atoms with van der Waals surface area (Å²) >= 11 is 0. The summed E-state index contributed by atoms with van der Waals surface area (Å²) in [4.78, 5) is 14.8. The summed E-state index contributed by atoms with van der Waals surface area (Å²) in [6, 6.07) is 24.1. The Morgan fingerprint density at radius 2 is 1.58 bits per heavy atom. The van der Waals surface area contributed by atoms with E-state index in [1.54, 1.807) is 13.2 Å². The summed E-state index contributed by atoms with van der Waals surface area (Å²) in [5, 5.41) is 0. The second kappa shape index (κ2) is 9.49. The third-order valence-electron chi connectivity index (χ3n) is 5.43. The van der Waals surface area contributed by atoms with E-state index >= 15 is 0 Å². The molecule has 0 unspecified atom stereocenters. The Morgan fingerprint density at radius 1 is 0.935 bits per heavy atom. The molecule has 0 spiro atoms. The van der Waals surface area contributed by atoms with Gasteiger partial charge in [-0.15, -0.1) is 0 Å². The molecule has 3 aromatic carbocycles. The maximum Gasteiger partial charge on any atom is 0.247 e. The van der Waals surface area contributed by atoms with Crippen LogP contribution in [0.3, 0.4) is 0 Å². The normalized spacial score (nSPS) is 14.4. The van der Waals surface area contributed by atoms with Crippen molar-refractivity contribution in [3.05, 3.63) is 90.0 Å². The molecule has 1 aliphatic heterocycles. The molecule has 1 heterocycles. The van der Waals surface area contributed by atoms with Gasteiger partial charge in [0.15, 0.2) is 0 Å². The number of hydrogen-bond donors (Lipinski definition) is 1. The van der Waals surface area contributed by atoms with Crippen LogP contribution in [0.5, 0.6) is 5.75 Å². The van der Waals surface area contributed by atoms with Crippen LogP contribution in [-0.4, -0.2) is 44.2 Å². The number of nitrogens with zero attached hydrogens (tertiary/aromatic N) is 1. The number of nitrogen functional groups attached to an aromatic ring is 1. The van der Waals surface area contributed by atoms with Crippen LogP contribution < -0.4 is 10.5 Å². The van der Waals surface area contributed by atoms with Gasteiger partial charge in [0.2, 0.25) is 5.91 Å². The number of benzene rings is 3. The van der Waals surface area contributed by atoms with Gasteiger partial charge in [0.1, 0.15) is 5.75 Å². The number of carbonyl (C=O) groups excluding carboxylic acids is 1. The second-order valence-corrected chi connectivity index (χ2v) is 7.40. The molecule has 0 radical (unpaired) electrons. The largest absolute Gasteiger partial charge is 0.495 e. The van der Waals surface area contributed by atoms with Gasteiger partial charge in [-0.3, -0.25) is 4.79 Å².